The second-order valence-electron chi connectivity index (χ2n) is 7.60. The van der Waals surface area contributed by atoms with E-state index < -0.39 is 0 Å². The maximum atomic E-state index is 12.8. The molecule has 134 valence electrons. The highest BCUT2D eigenvalue weighted by atomic mass is 16.3. The average molecular weight is 349 g/mol. The first-order chi connectivity index (χ1) is 12.4. The van der Waals surface area contributed by atoms with Crippen LogP contribution in [0.2, 0.25) is 0 Å². The van der Waals surface area contributed by atoms with Gasteiger partial charge in [0.1, 0.15) is 11.5 Å². The highest BCUT2D eigenvalue weighted by molar-refractivity contribution is 5.94. The Kier molecular flexibility index (Phi) is 3.75. The molecule has 1 aliphatic carbocycles. The van der Waals surface area contributed by atoms with Gasteiger partial charge in [-0.2, -0.15) is 5.10 Å². The van der Waals surface area contributed by atoms with Gasteiger partial charge in [-0.1, -0.05) is 44.2 Å². The molecular formula is C21H23N3O2. The minimum atomic E-state index is -0.230. The molecule has 4 rings (SSSR count). The summed E-state index contributed by atoms with van der Waals surface area (Å²) in [6.45, 7) is 6.27. The van der Waals surface area contributed by atoms with Crippen LogP contribution >= 0.6 is 0 Å². The molecule has 2 heterocycles. The first-order valence-electron chi connectivity index (χ1n) is 8.92. The second kappa shape index (κ2) is 5.87. The van der Waals surface area contributed by atoms with Gasteiger partial charge in [-0.3, -0.25) is 9.89 Å². The van der Waals surface area contributed by atoms with Gasteiger partial charge < -0.3 is 9.73 Å². The van der Waals surface area contributed by atoms with Crippen LogP contribution in [-0.2, 0) is 5.41 Å². The molecule has 3 aromatic rings. The Balaban J connectivity index is 1.54. The number of benzene rings is 1. The van der Waals surface area contributed by atoms with Gasteiger partial charge in [0, 0.05) is 17.0 Å². The molecule has 1 amide bonds. The highest BCUT2D eigenvalue weighted by Crippen LogP contribution is 2.51. The molecule has 5 heteroatoms. The zero-order valence-corrected chi connectivity index (χ0v) is 15.3. The van der Waals surface area contributed by atoms with Crippen LogP contribution in [-0.4, -0.2) is 21.6 Å². The van der Waals surface area contributed by atoms with Crippen molar-refractivity contribution in [2.75, 3.05) is 0 Å². The number of carbonyl (C=O) groups excluding carboxylic acids is 1. The van der Waals surface area contributed by atoms with Gasteiger partial charge in [-0.05, 0) is 37.5 Å². The first kappa shape index (κ1) is 16.6. The van der Waals surface area contributed by atoms with E-state index in [1.807, 2.05) is 37.3 Å². The van der Waals surface area contributed by atoms with Crippen molar-refractivity contribution in [3.8, 4) is 11.5 Å². The van der Waals surface area contributed by atoms with Crippen molar-refractivity contribution < 1.29 is 9.21 Å². The summed E-state index contributed by atoms with van der Waals surface area (Å²) < 4.78 is 5.59. The van der Waals surface area contributed by atoms with Gasteiger partial charge in [-0.25, -0.2) is 0 Å². The van der Waals surface area contributed by atoms with Crippen molar-refractivity contribution in [3.63, 3.8) is 0 Å². The number of hydrogen-bond acceptors (Lipinski definition) is 3. The summed E-state index contributed by atoms with van der Waals surface area (Å²) in [4.78, 5) is 12.8. The lowest BCUT2D eigenvalue weighted by molar-refractivity contribution is 0.0903. The molecule has 1 fully saturated rings. The van der Waals surface area contributed by atoms with Gasteiger partial charge in [0.2, 0.25) is 0 Å². The summed E-state index contributed by atoms with van der Waals surface area (Å²) in [6, 6.07) is 15.8. The average Bonchev–Trinajstić information content (AvgIpc) is 3.07. The lowest BCUT2D eigenvalue weighted by Gasteiger charge is -2.36. The fourth-order valence-electron chi connectivity index (χ4n) is 3.59. The fourth-order valence-corrected chi connectivity index (χ4v) is 3.59. The summed E-state index contributed by atoms with van der Waals surface area (Å²) in [5.41, 5.74) is 1.93. The normalized spacial score (nSPS) is 15.7. The summed E-state index contributed by atoms with van der Waals surface area (Å²) >= 11 is 0. The van der Waals surface area contributed by atoms with Gasteiger partial charge in [-0.15, -0.1) is 0 Å². The first-order valence-corrected chi connectivity index (χ1v) is 8.92. The summed E-state index contributed by atoms with van der Waals surface area (Å²) in [7, 11) is 0. The van der Waals surface area contributed by atoms with Crippen LogP contribution in [0.1, 0.15) is 48.5 Å². The van der Waals surface area contributed by atoms with Crippen molar-refractivity contribution in [1.29, 1.82) is 0 Å². The quantitative estimate of drug-likeness (QED) is 0.724. The van der Waals surface area contributed by atoms with Crippen LogP contribution in [0.15, 0.2) is 52.9 Å². The Hall–Kier alpha value is -2.82. The fraction of sp³-hybridized carbons (Fsp3) is 0.333. The van der Waals surface area contributed by atoms with E-state index in [-0.39, 0.29) is 16.9 Å². The van der Waals surface area contributed by atoms with Crippen LogP contribution < -0.4 is 5.32 Å². The van der Waals surface area contributed by atoms with Gasteiger partial charge in [0.25, 0.3) is 5.91 Å². The number of aromatic amines is 1. The topological polar surface area (TPSA) is 70.9 Å². The van der Waals surface area contributed by atoms with Crippen LogP contribution in [0.3, 0.4) is 0 Å². The van der Waals surface area contributed by atoms with E-state index >= 15 is 0 Å². The highest BCUT2D eigenvalue weighted by Gasteiger charge is 2.56. The molecule has 2 N–H and O–H groups in total. The number of nitrogens with one attached hydrogen (secondary N) is 2. The predicted octanol–water partition coefficient (Wildman–Crippen LogP) is 4.22. The molecule has 0 spiro atoms. The van der Waals surface area contributed by atoms with E-state index in [4.69, 9.17) is 4.42 Å². The number of amides is 1. The van der Waals surface area contributed by atoms with E-state index in [0.717, 1.165) is 18.6 Å². The van der Waals surface area contributed by atoms with Crippen molar-refractivity contribution in [3.05, 3.63) is 65.5 Å². The number of furan rings is 1. The summed E-state index contributed by atoms with van der Waals surface area (Å²) in [5, 5.41) is 10.3. The molecular weight excluding hydrogens is 326 g/mol. The van der Waals surface area contributed by atoms with Crippen LogP contribution in [0.25, 0.3) is 11.5 Å². The number of nitrogens with zero attached hydrogens (tertiary/aromatic N) is 1. The monoisotopic (exact) mass is 349 g/mol. The van der Waals surface area contributed by atoms with Crippen molar-refractivity contribution in [2.24, 2.45) is 0 Å². The van der Waals surface area contributed by atoms with Crippen LogP contribution in [0.5, 0.6) is 0 Å². The minimum Gasteiger partial charge on any atom is -0.460 e. The van der Waals surface area contributed by atoms with Crippen molar-refractivity contribution in [1.82, 2.24) is 15.5 Å². The molecule has 0 atom stereocenters. The van der Waals surface area contributed by atoms with Crippen molar-refractivity contribution in [2.45, 2.75) is 44.6 Å². The third kappa shape index (κ3) is 2.73. The molecule has 0 unspecified atom stereocenters. The largest absolute Gasteiger partial charge is 0.460 e. The zero-order chi connectivity index (χ0) is 18.4. The van der Waals surface area contributed by atoms with Crippen molar-refractivity contribution >= 4 is 5.91 Å². The van der Waals surface area contributed by atoms with Gasteiger partial charge in [0.15, 0.2) is 11.5 Å². The molecule has 0 radical (unpaired) electrons. The van der Waals surface area contributed by atoms with E-state index in [1.54, 1.807) is 6.07 Å². The third-order valence-corrected chi connectivity index (χ3v) is 5.61. The lowest BCUT2D eigenvalue weighted by atomic mass is 9.75. The molecule has 1 aliphatic rings. The standard InChI is InChI=1S/C21H23N3O2/c1-14-9-10-18(26-14)16-13-17(24-23-16)19(25)22-21(11-12-21)20(2,3)15-7-5-4-6-8-15/h4-10,13H,11-12H2,1-3H3,(H,22,25)(H,23,24). The maximum absolute atomic E-state index is 12.8. The molecule has 2 aromatic heterocycles. The minimum absolute atomic E-state index is 0.152. The van der Waals surface area contributed by atoms with E-state index in [9.17, 15) is 4.79 Å². The molecule has 26 heavy (non-hydrogen) atoms. The number of hydrogen-bond donors (Lipinski definition) is 2. The Morgan fingerprint density at radius 2 is 1.92 bits per heavy atom. The maximum Gasteiger partial charge on any atom is 0.272 e. The van der Waals surface area contributed by atoms with Crippen LogP contribution in [0, 0.1) is 6.92 Å². The number of carbonyl (C=O) groups is 1. The Morgan fingerprint density at radius 3 is 2.54 bits per heavy atom. The molecule has 0 saturated heterocycles. The third-order valence-electron chi connectivity index (χ3n) is 5.61. The smallest absolute Gasteiger partial charge is 0.272 e. The Morgan fingerprint density at radius 1 is 1.19 bits per heavy atom. The predicted molar refractivity (Wildman–Crippen MR) is 99.9 cm³/mol. The number of aryl methyl sites for hydroxylation is 1. The number of rotatable bonds is 5. The Labute approximate surface area is 152 Å². The lowest BCUT2D eigenvalue weighted by Crippen LogP contribution is -2.50. The molecule has 0 bridgehead atoms. The second-order valence-corrected chi connectivity index (χ2v) is 7.60. The van der Waals surface area contributed by atoms with E-state index in [1.165, 1.54) is 5.56 Å². The van der Waals surface area contributed by atoms with E-state index in [2.05, 4.69) is 41.5 Å². The molecule has 0 aliphatic heterocycles. The summed E-state index contributed by atoms with van der Waals surface area (Å²) in [6.07, 6.45) is 1.94. The zero-order valence-electron chi connectivity index (χ0n) is 15.3. The summed E-state index contributed by atoms with van der Waals surface area (Å²) in [5.74, 6) is 1.35. The van der Waals surface area contributed by atoms with Gasteiger partial charge in [0.05, 0.1) is 0 Å². The van der Waals surface area contributed by atoms with E-state index in [0.29, 0.717) is 17.1 Å². The Bertz CT molecular complexity index is 933. The molecule has 5 nitrogen and oxygen atoms in total. The number of H-pyrrole nitrogens is 1. The molecule has 1 saturated carbocycles. The SMILES string of the molecule is Cc1ccc(-c2cc(C(=O)NC3(C(C)(C)c4ccccc4)CC3)n[nH]2)o1. The number of aromatic nitrogens is 2. The van der Waals surface area contributed by atoms with Gasteiger partial charge >= 0.3 is 0 Å². The molecule has 1 aromatic carbocycles. The van der Waals surface area contributed by atoms with Crippen LogP contribution in [0.4, 0.5) is 0 Å².